The summed E-state index contributed by atoms with van der Waals surface area (Å²) in [5, 5.41) is 3.88. The van der Waals surface area contributed by atoms with Crippen LogP contribution in [0.3, 0.4) is 0 Å². The average molecular weight is 289 g/mol. The highest BCUT2D eigenvalue weighted by Crippen LogP contribution is 2.51. The van der Waals surface area contributed by atoms with Gasteiger partial charge in [-0.1, -0.05) is 54.1 Å². The van der Waals surface area contributed by atoms with Gasteiger partial charge in [-0.25, -0.2) is 0 Å². The number of hydrogen-bond donors (Lipinski definition) is 1. The third kappa shape index (κ3) is 1.99. The first-order chi connectivity index (χ1) is 10.6. The van der Waals surface area contributed by atoms with Gasteiger partial charge in [0.2, 0.25) is 0 Å². The van der Waals surface area contributed by atoms with Gasteiger partial charge in [0.25, 0.3) is 0 Å². The van der Waals surface area contributed by atoms with Gasteiger partial charge in [0, 0.05) is 11.6 Å². The molecule has 1 heterocycles. The van der Waals surface area contributed by atoms with Crippen LogP contribution < -0.4 is 5.32 Å². The molecule has 0 aromatic heterocycles. The van der Waals surface area contributed by atoms with Gasteiger partial charge >= 0.3 is 0 Å². The van der Waals surface area contributed by atoms with E-state index in [0.29, 0.717) is 17.9 Å². The summed E-state index contributed by atoms with van der Waals surface area (Å²) in [6, 6.07) is 13.9. The lowest BCUT2D eigenvalue weighted by molar-refractivity contribution is 0.424. The third-order valence-electron chi connectivity index (χ3n) is 5.35. The van der Waals surface area contributed by atoms with Gasteiger partial charge in [0.15, 0.2) is 0 Å². The second kappa shape index (κ2) is 5.01. The lowest BCUT2D eigenvalue weighted by Gasteiger charge is -2.39. The Morgan fingerprint density at radius 2 is 1.82 bits per heavy atom. The quantitative estimate of drug-likeness (QED) is 0.689. The van der Waals surface area contributed by atoms with Crippen LogP contribution in [0.25, 0.3) is 0 Å². The summed E-state index contributed by atoms with van der Waals surface area (Å²) in [4.78, 5) is 0. The molecule has 0 amide bonds. The number of benzene rings is 2. The lowest BCUT2D eigenvalue weighted by Crippen LogP contribution is -2.30. The van der Waals surface area contributed by atoms with Gasteiger partial charge in [-0.05, 0) is 55.4 Å². The molecule has 1 N–H and O–H groups in total. The van der Waals surface area contributed by atoms with Crippen molar-refractivity contribution in [1.29, 1.82) is 0 Å². The molecule has 2 aromatic carbocycles. The number of fused-ring (bicyclic) bond motifs is 3. The van der Waals surface area contributed by atoms with Crippen LogP contribution >= 0.6 is 0 Å². The predicted octanol–water partition coefficient (Wildman–Crippen LogP) is 5.44. The fraction of sp³-hybridized carbons (Fsp3) is 0.333. The maximum absolute atomic E-state index is 3.88. The molecule has 0 saturated heterocycles. The molecule has 2 aliphatic rings. The van der Waals surface area contributed by atoms with E-state index in [2.05, 4.69) is 74.6 Å². The highest BCUT2D eigenvalue weighted by molar-refractivity contribution is 5.66. The molecule has 1 nitrogen and oxygen atoms in total. The molecule has 2 aromatic rings. The number of anilines is 1. The monoisotopic (exact) mass is 289 g/mol. The van der Waals surface area contributed by atoms with Crippen LogP contribution in [0.1, 0.15) is 46.2 Å². The normalized spacial score (nSPS) is 25.5. The zero-order chi connectivity index (χ0) is 15.3. The summed E-state index contributed by atoms with van der Waals surface area (Å²) >= 11 is 0. The Labute approximate surface area is 133 Å². The first kappa shape index (κ1) is 13.6. The SMILES string of the molecule is Cc1cccc(C2Nc3c(C)ccc(C)c3C3C=CCC32)c1. The molecule has 3 unspecified atom stereocenters. The third-order valence-corrected chi connectivity index (χ3v) is 5.35. The van der Waals surface area contributed by atoms with Gasteiger partial charge in [0.05, 0.1) is 6.04 Å². The van der Waals surface area contributed by atoms with E-state index in [1.54, 1.807) is 0 Å². The van der Waals surface area contributed by atoms with E-state index in [1.807, 2.05) is 0 Å². The summed E-state index contributed by atoms with van der Waals surface area (Å²) in [5.74, 6) is 1.19. The van der Waals surface area contributed by atoms with Crippen molar-refractivity contribution in [3.8, 4) is 0 Å². The molecular weight excluding hydrogens is 266 g/mol. The fourth-order valence-corrected chi connectivity index (χ4v) is 4.24. The van der Waals surface area contributed by atoms with Crippen molar-refractivity contribution in [3.05, 3.63) is 76.4 Å². The second-order valence-corrected chi connectivity index (χ2v) is 6.88. The van der Waals surface area contributed by atoms with Gasteiger partial charge in [-0.3, -0.25) is 0 Å². The minimum Gasteiger partial charge on any atom is -0.377 e. The molecule has 0 bridgehead atoms. The van der Waals surface area contributed by atoms with E-state index in [9.17, 15) is 0 Å². The number of hydrogen-bond acceptors (Lipinski definition) is 1. The summed E-state index contributed by atoms with van der Waals surface area (Å²) in [6.45, 7) is 6.65. The largest absolute Gasteiger partial charge is 0.377 e. The zero-order valence-electron chi connectivity index (χ0n) is 13.6. The summed E-state index contributed by atoms with van der Waals surface area (Å²) < 4.78 is 0. The number of nitrogens with one attached hydrogen (secondary N) is 1. The van der Waals surface area contributed by atoms with Crippen molar-refractivity contribution in [3.63, 3.8) is 0 Å². The predicted molar refractivity (Wildman–Crippen MR) is 93.4 cm³/mol. The lowest BCUT2D eigenvalue weighted by atomic mass is 9.75. The van der Waals surface area contributed by atoms with Crippen LogP contribution in [-0.4, -0.2) is 0 Å². The average Bonchev–Trinajstić information content (AvgIpc) is 2.99. The number of allylic oxidation sites excluding steroid dienone is 2. The summed E-state index contributed by atoms with van der Waals surface area (Å²) in [6.07, 6.45) is 5.97. The number of aryl methyl sites for hydroxylation is 3. The van der Waals surface area contributed by atoms with Crippen LogP contribution in [0.2, 0.25) is 0 Å². The van der Waals surface area contributed by atoms with E-state index < -0.39 is 0 Å². The Morgan fingerprint density at radius 3 is 2.64 bits per heavy atom. The Balaban J connectivity index is 1.86. The molecule has 112 valence electrons. The van der Waals surface area contributed by atoms with Crippen LogP contribution in [0.4, 0.5) is 5.69 Å². The summed E-state index contributed by atoms with van der Waals surface area (Å²) in [5.41, 5.74) is 8.41. The Bertz CT molecular complexity index is 756. The molecule has 0 fully saturated rings. The Kier molecular flexibility index (Phi) is 3.11. The van der Waals surface area contributed by atoms with Crippen molar-refractivity contribution < 1.29 is 0 Å². The maximum atomic E-state index is 3.88. The van der Waals surface area contributed by atoms with Crippen LogP contribution in [0, 0.1) is 26.7 Å². The molecule has 0 spiro atoms. The minimum atomic E-state index is 0.410. The van der Waals surface area contributed by atoms with E-state index in [4.69, 9.17) is 0 Å². The summed E-state index contributed by atoms with van der Waals surface area (Å²) in [7, 11) is 0. The van der Waals surface area contributed by atoms with Crippen molar-refractivity contribution >= 4 is 5.69 Å². The highest BCUT2D eigenvalue weighted by atomic mass is 15.0. The van der Waals surface area contributed by atoms with Crippen LogP contribution in [0.15, 0.2) is 48.6 Å². The molecule has 0 radical (unpaired) electrons. The second-order valence-electron chi connectivity index (χ2n) is 6.88. The topological polar surface area (TPSA) is 12.0 Å². The minimum absolute atomic E-state index is 0.410. The maximum Gasteiger partial charge on any atom is 0.0554 e. The van der Waals surface area contributed by atoms with E-state index in [-0.39, 0.29) is 0 Å². The standard InChI is InChI=1S/C21H23N/c1-13-6-4-7-16(12-13)21-18-9-5-8-17(18)19-14(2)10-11-15(3)20(19)22-21/h4-8,10-12,17-18,21-22H,9H2,1-3H3. The highest BCUT2D eigenvalue weighted by Gasteiger charge is 2.39. The Morgan fingerprint density at radius 1 is 1.00 bits per heavy atom. The van der Waals surface area contributed by atoms with Crippen molar-refractivity contribution in [2.45, 2.75) is 39.2 Å². The van der Waals surface area contributed by atoms with Gasteiger partial charge in [0.1, 0.15) is 0 Å². The Hall–Kier alpha value is -2.02. The van der Waals surface area contributed by atoms with E-state index >= 15 is 0 Å². The molecular formula is C21H23N. The molecule has 1 aliphatic carbocycles. The molecule has 3 atom stereocenters. The number of rotatable bonds is 1. The fourth-order valence-electron chi connectivity index (χ4n) is 4.24. The molecule has 0 saturated carbocycles. The first-order valence-corrected chi connectivity index (χ1v) is 8.25. The van der Waals surface area contributed by atoms with Gasteiger partial charge in [-0.2, -0.15) is 0 Å². The van der Waals surface area contributed by atoms with Gasteiger partial charge < -0.3 is 5.32 Å². The molecule has 1 aliphatic heterocycles. The molecule has 22 heavy (non-hydrogen) atoms. The zero-order valence-corrected chi connectivity index (χ0v) is 13.6. The van der Waals surface area contributed by atoms with Crippen molar-refractivity contribution in [1.82, 2.24) is 0 Å². The van der Waals surface area contributed by atoms with Crippen LogP contribution in [-0.2, 0) is 0 Å². The smallest absolute Gasteiger partial charge is 0.0554 e. The first-order valence-electron chi connectivity index (χ1n) is 8.25. The van der Waals surface area contributed by atoms with Gasteiger partial charge in [-0.15, -0.1) is 0 Å². The van der Waals surface area contributed by atoms with E-state index in [0.717, 1.165) is 0 Å². The van der Waals surface area contributed by atoms with Crippen molar-refractivity contribution in [2.75, 3.05) is 5.32 Å². The molecule has 1 heteroatoms. The molecule has 4 rings (SSSR count). The van der Waals surface area contributed by atoms with E-state index in [1.165, 1.54) is 39.9 Å². The van der Waals surface area contributed by atoms with Crippen molar-refractivity contribution in [2.24, 2.45) is 5.92 Å². The van der Waals surface area contributed by atoms with Crippen LogP contribution in [0.5, 0.6) is 0 Å².